The van der Waals surface area contributed by atoms with Crippen LogP contribution >= 0.6 is 12.2 Å². The van der Waals surface area contributed by atoms with Crippen LogP contribution < -0.4 is 75.3 Å². The quantitative estimate of drug-likeness (QED) is 0.0188. The van der Waals surface area contributed by atoms with Gasteiger partial charge >= 0.3 is 5.97 Å². The maximum absolute atomic E-state index is 15.4. The van der Waals surface area contributed by atoms with Crippen LogP contribution in [0.2, 0.25) is 0 Å². The molecule has 21 N–H and O–H groups in total. The molecule has 0 spiro atoms. The molecule has 10 amide bonds. The van der Waals surface area contributed by atoms with E-state index in [9.17, 15) is 68.4 Å². The molecule has 31 nitrogen and oxygen atoms in total. The molecule has 1 aliphatic heterocycles. The van der Waals surface area contributed by atoms with Gasteiger partial charge in [-0.2, -0.15) is 0 Å². The molecule has 504 valence electrons. The summed E-state index contributed by atoms with van der Waals surface area (Å²) in [4.78, 5) is 157. The highest BCUT2D eigenvalue weighted by Gasteiger charge is 2.43. The SMILES string of the molecule is CC[C@H](C)[C@@H]1NC(=O)[C@@H](CCCNC(=N)N)NC(=O)[C@H](CC(C)C)NC(=O)[C@H]([C@H](O)C(C)C)NC(=O)[C@@H](NC(=O)[C@H](CC(C)C)NC(=S)Nc2ccccc2)C(c2ccccc2)OC(=O)[C@H](CO)NC(=O)[C@H]([C@H](O)C(N)=O)NC(=O)CNC(=O)[C@H]([C@H](C)O)NC1=O. The highest BCUT2D eigenvalue weighted by Crippen LogP contribution is 2.25. The largest absolute Gasteiger partial charge is 0.453 e. The highest BCUT2D eigenvalue weighted by atomic mass is 32.1. The van der Waals surface area contributed by atoms with Crippen LogP contribution in [0.5, 0.6) is 0 Å². The number of aliphatic hydroxyl groups excluding tert-OH is 4. The molecule has 0 aliphatic carbocycles. The van der Waals surface area contributed by atoms with E-state index in [4.69, 9.17) is 33.8 Å². The van der Waals surface area contributed by atoms with Crippen molar-refractivity contribution >= 4 is 94.0 Å². The number of benzene rings is 2. The minimum absolute atomic E-state index is 0.0231. The summed E-state index contributed by atoms with van der Waals surface area (Å²) in [5.41, 5.74) is 11.4. The Kier molecular flexibility index (Phi) is 31.6. The van der Waals surface area contributed by atoms with Gasteiger partial charge in [0.1, 0.15) is 48.3 Å². The zero-order valence-electron chi connectivity index (χ0n) is 52.5. The topological polar surface area (TPSA) is 498 Å². The normalized spacial score (nSPS) is 24.0. The summed E-state index contributed by atoms with van der Waals surface area (Å²) in [5.74, 6) is -16.1. The Bertz CT molecular complexity index is 2840. The van der Waals surface area contributed by atoms with Gasteiger partial charge in [0.05, 0.1) is 25.4 Å². The summed E-state index contributed by atoms with van der Waals surface area (Å²) in [6, 6.07) is -0.501. The maximum atomic E-state index is 15.4. The Morgan fingerprint density at radius 2 is 1.23 bits per heavy atom. The van der Waals surface area contributed by atoms with Crippen molar-refractivity contribution < 1.29 is 77.9 Å². The van der Waals surface area contributed by atoms with Crippen LogP contribution in [0.1, 0.15) is 106 Å². The van der Waals surface area contributed by atoms with Crippen molar-refractivity contribution in [1.82, 2.24) is 58.5 Å². The number of amides is 10. The first-order valence-corrected chi connectivity index (χ1v) is 30.3. The molecule has 32 heteroatoms. The molecule has 0 aromatic heterocycles. The van der Waals surface area contributed by atoms with Gasteiger partial charge < -0.3 is 100 Å². The van der Waals surface area contributed by atoms with E-state index in [1.165, 1.54) is 38.1 Å². The molecule has 0 bridgehead atoms. The van der Waals surface area contributed by atoms with Crippen LogP contribution in [0.3, 0.4) is 0 Å². The van der Waals surface area contributed by atoms with E-state index < -0.39 is 175 Å². The number of rotatable bonds is 21. The monoisotopic (exact) mass is 1300 g/mol. The lowest BCUT2D eigenvalue weighted by atomic mass is 9.95. The highest BCUT2D eigenvalue weighted by molar-refractivity contribution is 7.80. The zero-order chi connectivity index (χ0) is 68.4. The van der Waals surface area contributed by atoms with Crippen LogP contribution in [-0.2, 0) is 57.5 Å². The van der Waals surface area contributed by atoms with E-state index >= 15 is 4.79 Å². The molecule has 2 aromatic carbocycles. The molecule has 1 fully saturated rings. The van der Waals surface area contributed by atoms with E-state index in [2.05, 4.69) is 58.5 Å². The number of aliphatic hydroxyl groups is 4. The van der Waals surface area contributed by atoms with Gasteiger partial charge in [0.15, 0.2) is 29.3 Å². The first-order chi connectivity index (χ1) is 42.8. The van der Waals surface area contributed by atoms with Gasteiger partial charge in [0.25, 0.3) is 0 Å². The number of primary amides is 1. The molecule has 1 heterocycles. The number of hydrogen-bond acceptors (Lipinski definition) is 18. The van der Waals surface area contributed by atoms with Crippen LogP contribution in [-0.4, -0.2) is 189 Å². The number of nitrogens with two attached hydrogens (primary N) is 2. The van der Waals surface area contributed by atoms with E-state index in [0.717, 1.165) is 6.92 Å². The van der Waals surface area contributed by atoms with E-state index in [-0.39, 0.29) is 61.2 Å². The summed E-state index contributed by atoms with van der Waals surface area (Å²) >= 11 is 5.60. The van der Waals surface area contributed by atoms with Gasteiger partial charge in [0, 0.05) is 12.2 Å². The number of hydrogen-bond donors (Lipinski definition) is 19. The van der Waals surface area contributed by atoms with E-state index in [1.54, 1.807) is 77.9 Å². The third kappa shape index (κ3) is 25.0. The lowest BCUT2D eigenvalue weighted by Gasteiger charge is -2.34. The van der Waals surface area contributed by atoms with Crippen molar-refractivity contribution in [2.24, 2.45) is 35.1 Å². The standard InChI is InChI=1S/C59H91N15O16S/c1-10-31(8)40-53(85)72-41(32(9)76)52(84)64-26-39(77)70-43(46(79)48(60)80)55(87)68-38(27-75)57(89)90-47(33-18-13-11-14-19-33)44(74-51(83)37(25-29(4)5)69-59(91)65-34-20-15-12-16-21-34)56(88)73-42(45(78)30(6)7)54(86)67-36(24-28(2)3)50(82)66-35(49(81)71-40)22-17-23-63-58(61)62/h11-16,18-21,28-32,35-38,40-47,75-76,78-79H,10,17,22-27H2,1-9H3,(H2,60,80)(H,64,84)(H,66,82)(H,67,86)(H,68,87)(H,70,77)(H,71,81)(H,72,85)(H,73,88)(H,74,83)(H4,61,62,63)(H2,65,69,91)/t31-,32-,35+,36-,37-,38-,40-,41-,42-,43-,44-,45+,46-,47?/m0/s1. The molecule has 3 rings (SSSR count). The van der Waals surface area contributed by atoms with Crippen molar-refractivity contribution in [1.29, 1.82) is 5.41 Å². The Labute approximate surface area is 533 Å². The number of esters is 1. The lowest BCUT2D eigenvalue weighted by Crippen LogP contribution is -2.64. The summed E-state index contributed by atoms with van der Waals surface area (Å²) in [6.07, 6.45) is -7.98. The number of anilines is 1. The Balaban J connectivity index is 2.40. The fourth-order valence-corrected chi connectivity index (χ4v) is 9.49. The number of cyclic esters (lactones) is 1. The number of carbonyl (C=O) groups is 11. The van der Waals surface area contributed by atoms with Crippen LogP contribution in [0.4, 0.5) is 5.69 Å². The van der Waals surface area contributed by atoms with Gasteiger partial charge in [-0.05, 0) is 86.2 Å². The van der Waals surface area contributed by atoms with Crippen LogP contribution in [0.15, 0.2) is 60.7 Å². The molecule has 1 saturated heterocycles. The minimum Gasteiger partial charge on any atom is -0.453 e. The molecular weight excluding hydrogens is 1210 g/mol. The molecule has 1 aliphatic rings. The van der Waals surface area contributed by atoms with Gasteiger partial charge in [-0.25, -0.2) is 4.79 Å². The zero-order valence-corrected chi connectivity index (χ0v) is 53.3. The fraction of sp³-hybridized carbons (Fsp3) is 0.576. The third-order valence-corrected chi connectivity index (χ3v) is 14.7. The average molecular weight is 1300 g/mol. The smallest absolute Gasteiger partial charge is 0.331 e. The van der Waals surface area contributed by atoms with Crippen molar-refractivity contribution in [3.8, 4) is 0 Å². The molecule has 91 heavy (non-hydrogen) atoms. The molecule has 0 saturated carbocycles. The fourth-order valence-electron chi connectivity index (χ4n) is 9.23. The first-order valence-electron chi connectivity index (χ1n) is 29.9. The molecule has 0 radical (unpaired) electrons. The molecular formula is C59H91N15O16S. The average Bonchev–Trinajstić information content (AvgIpc) is 1.15. The Morgan fingerprint density at radius 3 is 1.78 bits per heavy atom. The van der Waals surface area contributed by atoms with Crippen molar-refractivity contribution in [3.05, 3.63) is 66.2 Å². The maximum Gasteiger partial charge on any atom is 0.331 e. The Morgan fingerprint density at radius 1 is 0.681 bits per heavy atom. The Hall–Kier alpha value is -8.59. The van der Waals surface area contributed by atoms with Crippen molar-refractivity contribution in [3.63, 3.8) is 0 Å². The number of para-hydroxylation sites is 1. The van der Waals surface area contributed by atoms with Gasteiger partial charge in [-0.3, -0.25) is 53.4 Å². The van der Waals surface area contributed by atoms with E-state index in [0.29, 0.717) is 5.69 Å². The molecule has 2 aromatic rings. The second kappa shape index (κ2) is 37.5. The van der Waals surface area contributed by atoms with Crippen LogP contribution in [0.25, 0.3) is 0 Å². The van der Waals surface area contributed by atoms with Crippen molar-refractivity contribution in [2.45, 2.75) is 173 Å². The van der Waals surface area contributed by atoms with E-state index in [1.807, 2.05) is 5.32 Å². The number of thiocarbonyl (C=S) groups is 1. The second-order valence-corrected chi connectivity index (χ2v) is 23.7. The predicted molar refractivity (Wildman–Crippen MR) is 336 cm³/mol. The van der Waals surface area contributed by atoms with Crippen LogP contribution in [0, 0.1) is 29.1 Å². The van der Waals surface area contributed by atoms with Crippen molar-refractivity contribution in [2.75, 3.05) is 25.0 Å². The second-order valence-electron chi connectivity index (χ2n) is 23.3. The number of nitrogens with one attached hydrogen (secondary N) is 13. The number of carbonyl (C=O) groups excluding carboxylic acids is 11. The molecule has 1 unspecified atom stereocenters. The summed E-state index contributed by atoms with van der Waals surface area (Å²) in [7, 11) is 0. The minimum atomic E-state index is -2.56. The van der Waals surface area contributed by atoms with Gasteiger partial charge in [-0.1, -0.05) is 110 Å². The van der Waals surface area contributed by atoms with Gasteiger partial charge in [0.2, 0.25) is 59.1 Å². The first kappa shape index (κ1) is 76.7. The number of guanidine groups is 1. The number of ether oxygens (including phenoxy) is 1. The summed E-state index contributed by atoms with van der Waals surface area (Å²) in [6.45, 7) is 12.0. The lowest BCUT2D eigenvalue weighted by molar-refractivity contribution is -0.159. The van der Waals surface area contributed by atoms with Gasteiger partial charge in [-0.15, -0.1) is 0 Å². The summed E-state index contributed by atoms with van der Waals surface area (Å²) in [5, 5.41) is 81.9. The molecule has 14 atom stereocenters. The predicted octanol–water partition coefficient (Wildman–Crippen LogP) is -3.73. The summed E-state index contributed by atoms with van der Waals surface area (Å²) < 4.78 is 5.97. The third-order valence-electron chi connectivity index (χ3n) is 14.4.